The van der Waals surface area contributed by atoms with Gasteiger partial charge < -0.3 is 5.11 Å². The Morgan fingerprint density at radius 3 is 2.39 bits per heavy atom. The molecular weight excluding hydrogens is 505 g/mol. The van der Waals surface area contributed by atoms with Gasteiger partial charge in [0.1, 0.15) is 0 Å². The lowest BCUT2D eigenvalue weighted by atomic mass is 9.93. The van der Waals surface area contributed by atoms with Gasteiger partial charge in [-0.15, -0.1) is 0 Å². The largest absolute Gasteiger partial charge is 0.481 e. The summed E-state index contributed by atoms with van der Waals surface area (Å²) >= 11 is 0. The highest BCUT2D eigenvalue weighted by atomic mass is 19.4. The molecule has 1 aromatic heterocycles. The highest BCUT2D eigenvalue weighted by Gasteiger charge is 2.44. The topological polar surface area (TPSA) is 105 Å². The molecular formula is C26H25F3N4O5. The normalized spacial score (nSPS) is 18.8. The van der Waals surface area contributed by atoms with Gasteiger partial charge in [0, 0.05) is 25.3 Å². The first-order valence-corrected chi connectivity index (χ1v) is 12.1. The van der Waals surface area contributed by atoms with Gasteiger partial charge in [-0.2, -0.15) is 13.2 Å². The molecule has 2 fully saturated rings. The minimum absolute atomic E-state index is 0.0206. The van der Waals surface area contributed by atoms with Crippen molar-refractivity contribution in [3.05, 3.63) is 63.6 Å². The molecule has 1 atom stereocenters. The predicted molar refractivity (Wildman–Crippen MR) is 131 cm³/mol. The summed E-state index contributed by atoms with van der Waals surface area (Å²) < 4.78 is 43.5. The third-order valence-electron chi connectivity index (χ3n) is 7.59. The number of aryl methyl sites for hydroxylation is 1. The number of amides is 3. The summed E-state index contributed by atoms with van der Waals surface area (Å²) in [5.74, 6) is -4.06. The Bertz CT molecular complexity index is 1540. The van der Waals surface area contributed by atoms with Crippen molar-refractivity contribution in [3.8, 4) is 0 Å². The third-order valence-corrected chi connectivity index (χ3v) is 7.59. The van der Waals surface area contributed by atoms with Gasteiger partial charge in [-0.3, -0.25) is 28.5 Å². The molecule has 38 heavy (non-hydrogen) atoms. The summed E-state index contributed by atoms with van der Waals surface area (Å²) in [5, 5.41) is 9.73. The Morgan fingerprint density at radius 1 is 1.08 bits per heavy atom. The van der Waals surface area contributed by atoms with E-state index in [4.69, 9.17) is 0 Å². The minimum Gasteiger partial charge on any atom is -0.481 e. The number of carboxylic acid groups (broad SMARTS) is 1. The maximum atomic E-state index is 13.5. The van der Waals surface area contributed by atoms with E-state index in [1.165, 1.54) is 23.6 Å². The quantitative estimate of drug-likeness (QED) is 0.501. The van der Waals surface area contributed by atoms with E-state index in [-0.39, 0.29) is 28.5 Å². The molecule has 0 radical (unpaired) electrons. The van der Waals surface area contributed by atoms with Gasteiger partial charge in [0.05, 0.1) is 23.1 Å². The molecule has 1 unspecified atom stereocenters. The van der Waals surface area contributed by atoms with Crippen LogP contribution in [0, 0.1) is 12.8 Å². The Morgan fingerprint density at radius 2 is 1.79 bits per heavy atom. The van der Waals surface area contributed by atoms with Gasteiger partial charge in [0.15, 0.2) is 5.92 Å². The number of carbonyl (C=O) groups excluding carboxylic acids is 2. The van der Waals surface area contributed by atoms with Crippen molar-refractivity contribution in [2.24, 2.45) is 13.0 Å². The standard InChI is InChI=1S/C26H25F3N4O5/c1-14-15(5-3-8-19(14)26(27,28)29)12-32-22(34)18(23(35)36)13-31(25(32)38)17-9-10-20-21(11-17)33(16-6-4-7-16)24(37)30(20)2/h3,5,8-11,16,18H,4,6-7,12-13H2,1-2H3,(H,35,36). The van der Waals surface area contributed by atoms with Crippen molar-refractivity contribution in [2.75, 3.05) is 11.4 Å². The molecule has 3 aromatic rings. The monoisotopic (exact) mass is 530 g/mol. The first-order chi connectivity index (χ1) is 17.9. The number of hydrogen-bond acceptors (Lipinski definition) is 4. The highest BCUT2D eigenvalue weighted by molar-refractivity contribution is 6.12. The molecule has 1 saturated heterocycles. The zero-order valence-electron chi connectivity index (χ0n) is 20.7. The summed E-state index contributed by atoms with van der Waals surface area (Å²) in [6, 6.07) is 7.46. The number of urea groups is 1. The van der Waals surface area contributed by atoms with Gasteiger partial charge in [0.25, 0.3) is 0 Å². The van der Waals surface area contributed by atoms with E-state index in [2.05, 4.69) is 0 Å². The maximum Gasteiger partial charge on any atom is 0.416 e. The van der Waals surface area contributed by atoms with Gasteiger partial charge in [-0.05, 0) is 61.6 Å². The van der Waals surface area contributed by atoms with Gasteiger partial charge >= 0.3 is 23.9 Å². The van der Waals surface area contributed by atoms with Crippen LogP contribution in [0.1, 0.15) is 42.0 Å². The number of carbonyl (C=O) groups is 3. The Kier molecular flexibility index (Phi) is 6.07. The third kappa shape index (κ3) is 4.04. The number of rotatable bonds is 5. The predicted octanol–water partition coefficient (Wildman–Crippen LogP) is 4.06. The molecule has 9 nitrogen and oxygen atoms in total. The lowest BCUT2D eigenvalue weighted by Crippen LogP contribution is -2.58. The van der Waals surface area contributed by atoms with Crippen LogP contribution in [-0.4, -0.2) is 43.6 Å². The molecule has 2 aliphatic rings. The van der Waals surface area contributed by atoms with Crippen LogP contribution in [0.4, 0.5) is 23.7 Å². The lowest BCUT2D eigenvalue weighted by molar-refractivity contribution is -0.150. The fraction of sp³-hybridized carbons (Fsp3) is 0.385. The molecule has 0 bridgehead atoms. The Balaban J connectivity index is 1.56. The van der Waals surface area contributed by atoms with Crippen molar-refractivity contribution in [1.82, 2.24) is 14.0 Å². The van der Waals surface area contributed by atoms with Gasteiger partial charge in [0.2, 0.25) is 5.91 Å². The summed E-state index contributed by atoms with van der Waals surface area (Å²) in [6.45, 7) is 0.275. The van der Waals surface area contributed by atoms with Crippen LogP contribution >= 0.6 is 0 Å². The van der Waals surface area contributed by atoms with Crippen LogP contribution in [0.15, 0.2) is 41.2 Å². The summed E-state index contributed by atoms with van der Waals surface area (Å²) in [6.07, 6.45) is -1.96. The number of anilines is 1. The fourth-order valence-electron chi connectivity index (χ4n) is 5.17. The van der Waals surface area contributed by atoms with E-state index in [1.54, 1.807) is 29.8 Å². The van der Waals surface area contributed by atoms with Crippen LogP contribution in [0.25, 0.3) is 11.0 Å². The second kappa shape index (κ2) is 9.03. The average molecular weight is 531 g/mol. The molecule has 200 valence electrons. The number of benzene rings is 2. The molecule has 2 heterocycles. The van der Waals surface area contributed by atoms with Crippen LogP contribution in [0.2, 0.25) is 0 Å². The van der Waals surface area contributed by atoms with Crippen molar-refractivity contribution in [1.29, 1.82) is 0 Å². The van der Waals surface area contributed by atoms with E-state index in [0.29, 0.717) is 15.9 Å². The van der Waals surface area contributed by atoms with Crippen LogP contribution in [-0.2, 0) is 29.4 Å². The summed E-state index contributed by atoms with van der Waals surface area (Å²) in [5.41, 5.74) is 0.318. The van der Waals surface area contributed by atoms with E-state index in [9.17, 15) is 37.5 Å². The molecule has 1 saturated carbocycles. The SMILES string of the molecule is Cc1c(CN2C(=O)C(C(=O)O)CN(c3ccc4c(c3)n(C3CCC3)c(=O)n4C)C2=O)cccc1C(F)(F)F. The molecule has 1 aliphatic carbocycles. The maximum absolute atomic E-state index is 13.5. The van der Waals surface area contributed by atoms with Crippen LogP contribution in [0.3, 0.4) is 0 Å². The Labute approximate surface area is 214 Å². The van der Waals surface area contributed by atoms with E-state index in [1.807, 2.05) is 0 Å². The molecule has 2 aromatic carbocycles. The number of aromatic nitrogens is 2. The number of imide groups is 1. The van der Waals surface area contributed by atoms with Crippen molar-refractivity contribution < 1.29 is 32.7 Å². The minimum atomic E-state index is -4.63. The van der Waals surface area contributed by atoms with Gasteiger partial charge in [-0.25, -0.2) is 9.59 Å². The molecule has 1 aliphatic heterocycles. The van der Waals surface area contributed by atoms with Crippen molar-refractivity contribution >= 4 is 34.6 Å². The number of carboxylic acids is 1. The smallest absolute Gasteiger partial charge is 0.416 e. The van der Waals surface area contributed by atoms with E-state index >= 15 is 0 Å². The molecule has 1 N–H and O–H groups in total. The molecule has 5 rings (SSSR count). The second-order valence-corrected chi connectivity index (χ2v) is 9.77. The number of hydrogen-bond donors (Lipinski definition) is 1. The number of imidazole rings is 1. The second-order valence-electron chi connectivity index (χ2n) is 9.77. The van der Waals surface area contributed by atoms with Gasteiger partial charge in [-0.1, -0.05) is 12.1 Å². The van der Waals surface area contributed by atoms with Crippen LogP contribution in [0.5, 0.6) is 0 Å². The number of fused-ring (bicyclic) bond motifs is 1. The van der Waals surface area contributed by atoms with Crippen molar-refractivity contribution in [3.63, 3.8) is 0 Å². The van der Waals surface area contributed by atoms with E-state index in [0.717, 1.165) is 30.2 Å². The molecule has 0 spiro atoms. The number of alkyl halides is 3. The molecule has 3 amide bonds. The summed E-state index contributed by atoms with van der Waals surface area (Å²) in [4.78, 5) is 53.2. The van der Waals surface area contributed by atoms with Crippen LogP contribution < -0.4 is 10.6 Å². The number of nitrogens with zero attached hydrogens (tertiary/aromatic N) is 4. The zero-order chi connectivity index (χ0) is 27.5. The number of halogens is 3. The number of aliphatic carboxylic acids is 1. The lowest BCUT2D eigenvalue weighted by Gasteiger charge is -2.37. The average Bonchev–Trinajstić information content (AvgIpc) is 3.05. The summed E-state index contributed by atoms with van der Waals surface area (Å²) in [7, 11) is 1.64. The van der Waals surface area contributed by atoms with Crippen molar-refractivity contribution in [2.45, 2.75) is 44.9 Å². The first-order valence-electron chi connectivity index (χ1n) is 12.1. The van der Waals surface area contributed by atoms with E-state index < -0.39 is 48.7 Å². The molecule has 12 heteroatoms. The first kappa shape index (κ1) is 25.6. The zero-order valence-corrected chi connectivity index (χ0v) is 20.7. The Hall–Kier alpha value is -4.09. The fourth-order valence-corrected chi connectivity index (χ4v) is 5.17. The highest BCUT2D eigenvalue weighted by Crippen LogP contribution is 2.36.